The van der Waals surface area contributed by atoms with Crippen molar-refractivity contribution in [1.29, 1.82) is 0 Å². The Kier molecular flexibility index (Phi) is 3.82. The highest BCUT2D eigenvalue weighted by Crippen LogP contribution is 2.60. The SMILES string of the molecule is O=C(COC(=O)C12CC3CC(CC(C3)C1)C2)Nc1cccc(F)c1. The van der Waals surface area contributed by atoms with Gasteiger partial charge in [-0.3, -0.25) is 9.59 Å². The number of carbonyl (C=O) groups is 2. The van der Waals surface area contributed by atoms with Crippen LogP contribution >= 0.6 is 0 Å². The number of hydrogen-bond donors (Lipinski definition) is 1. The van der Waals surface area contributed by atoms with Crippen LogP contribution in [0.2, 0.25) is 0 Å². The average molecular weight is 331 g/mol. The second-order valence-corrected chi connectivity index (χ2v) is 7.83. The Bertz CT molecular complexity index is 637. The topological polar surface area (TPSA) is 55.4 Å². The minimum atomic E-state index is -0.432. The van der Waals surface area contributed by atoms with E-state index in [1.165, 1.54) is 37.5 Å². The van der Waals surface area contributed by atoms with Crippen LogP contribution in [0.3, 0.4) is 0 Å². The number of ether oxygens (including phenoxy) is 1. The van der Waals surface area contributed by atoms with Crippen molar-refractivity contribution in [2.24, 2.45) is 23.2 Å². The summed E-state index contributed by atoms with van der Waals surface area (Å²) in [5.41, 5.74) is 0.0132. The van der Waals surface area contributed by atoms with Gasteiger partial charge in [0, 0.05) is 5.69 Å². The predicted octanol–water partition coefficient (Wildman–Crippen LogP) is 3.52. The highest BCUT2D eigenvalue weighted by molar-refractivity contribution is 5.93. The molecule has 5 heteroatoms. The Balaban J connectivity index is 1.34. The summed E-state index contributed by atoms with van der Waals surface area (Å²) in [4.78, 5) is 24.6. The molecule has 4 aliphatic carbocycles. The van der Waals surface area contributed by atoms with Gasteiger partial charge in [-0.1, -0.05) is 6.07 Å². The van der Waals surface area contributed by atoms with Gasteiger partial charge in [0.25, 0.3) is 5.91 Å². The number of nitrogens with one attached hydrogen (secondary N) is 1. The normalized spacial score (nSPS) is 33.3. The first-order valence-electron chi connectivity index (χ1n) is 8.75. The first-order chi connectivity index (χ1) is 11.5. The van der Waals surface area contributed by atoms with Crippen LogP contribution in [0.25, 0.3) is 0 Å². The molecule has 1 aromatic carbocycles. The van der Waals surface area contributed by atoms with Crippen molar-refractivity contribution in [3.05, 3.63) is 30.1 Å². The number of anilines is 1. The van der Waals surface area contributed by atoms with Gasteiger partial charge in [0.05, 0.1) is 5.41 Å². The molecule has 128 valence electrons. The molecule has 5 rings (SSSR count). The first-order valence-corrected chi connectivity index (χ1v) is 8.75. The van der Waals surface area contributed by atoms with Crippen LogP contribution in [0.15, 0.2) is 24.3 Å². The summed E-state index contributed by atoms with van der Waals surface area (Å²) in [7, 11) is 0. The lowest BCUT2D eigenvalue weighted by atomic mass is 9.49. The molecule has 4 saturated carbocycles. The van der Waals surface area contributed by atoms with Gasteiger partial charge in [-0.2, -0.15) is 0 Å². The maximum atomic E-state index is 13.1. The van der Waals surface area contributed by atoms with Gasteiger partial charge in [0.1, 0.15) is 5.82 Å². The molecule has 4 nitrogen and oxygen atoms in total. The van der Waals surface area contributed by atoms with Gasteiger partial charge in [-0.25, -0.2) is 4.39 Å². The zero-order chi connectivity index (χ0) is 16.7. The molecular weight excluding hydrogens is 309 g/mol. The molecule has 4 bridgehead atoms. The van der Waals surface area contributed by atoms with E-state index in [9.17, 15) is 14.0 Å². The third-order valence-corrected chi connectivity index (χ3v) is 5.91. The van der Waals surface area contributed by atoms with Crippen molar-refractivity contribution in [2.75, 3.05) is 11.9 Å². The smallest absolute Gasteiger partial charge is 0.312 e. The van der Waals surface area contributed by atoms with Crippen LogP contribution in [0, 0.1) is 29.0 Å². The van der Waals surface area contributed by atoms with Gasteiger partial charge >= 0.3 is 5.97 Å². The fourth-order valence-electron chi connectivity index (χ4n) is 5.41. The number of carbonyl (C=O) groups excluding carboxylic acids is 2. The van der Waals surface area contributed by atoms with E-state index in [4.69, 9.17) is 4.74 Å². The highest BCUT2D eigenvalue weighted by atomic mass is 19.1. The number of amides is 1. The fraction of sp³-hybridized carbons (Fsp3) is 0.579. The summed E-state index contributed by atoms with van der Waals surface area (Å²) < 4.78 is 18.5. The Labute approximate surface area is 140 Å². The quantitative estimate of drug-likeness (QED) is 0.859. The lowest BCUT2D eigenvalue weighted by molar-refractivity contribution is -0.172. The van der Waals surface area contributed by atoms with Gasteiger partial charge in [-0.15, -0.1) is 0 Å². The molecule has 0 aromatic heterocycles. The molecule has 24 heavy (non-hydrogen) atoms. The summed E-state index contributed by atoms with van der Waals surface area (Å²) in [6.45, 7) is -0.308. The standard InChI is InChI=1S/C19H22FNO3/c20-15-2-1-3-16(7-15)21-17(22)11-24-18(23)19-8-12-4-13(9-19)6-14(5-12)10-19/h1-3,7,12-14H,4-6,8-11H2,(H,21,22). The molecule has 4 fully saturated rings. The van der Waals surface area contributed by atoms with Crippen molar-refractivity contribution < 1.29 is 18.7 Å². The van der Waals surface area contributed by atoms with Crippen molar-refractivity contribution in [1.82, 2.24) is 0 Å². The maximum Gasteiger partial charge on any atom is 0.312 e. The fourth-order valence-corrected chi connectivity index (χ4v) is 5.41. The lowest BCUT2D eigenvalue weighted by Crippen LogP contribution is -2.50. The van der Waals surface area contributed by atoms with E-state index >= 15 is 0 Å². The lowest BCUT2D eigenvalue weighted by Gasteiger charge is -2.55. The second-order valence-electron chi connectivity index (χ2n) is 7.83. The molecule has 4 aliphatic rings. The highest BCUT2D eigenvalue weighted by Gasteiger charge is 2.55. The van der Waals surface area contributed by atoms with Crippen LogP contribution in [0.1, 0.15) is 38.5 Å². The van der Waals surface area contributed by atoms with E-state index in [0.717, 1.165) is 19.3 Å². The first kappa shape index (κ1) is 15.6. The van der Waals surface area contributed by atoms with Crippen LogP contribution in [0.5, 0.6) is 0 Å². The van der Waals surface area contributed by atoms with Crippen molar-refractivity contribution in [3.8, 4) is 0 Å². The molecular formula is C19H22FNO3. The molecule has 1 amide bonds. The summed E-state index contributed by atoms with van der Waals surface area (Å²) >= 11 is 0. The summed E-state index contributed by atoms with van der Waals surface area (Å²) in [5.74, 6) is 0.910. The average Bonchev–Trinajstić information content (AvgIpc) is 2.51. The largest absolute Gasteiger partial charge is 0.455 e. The molecule has 1 N–H and O–H groups in total. The third kappa shape index (κ3) is 2.92. The number of esters is 1. The van der Waals surface area contributed by atoms with Crippen molar-refractivity contribution >= 4 is 17.6 Å². The predicted molar refractivity (Wildman–Crippen MR) is 86.6 cm³/mol. The summed E-state index contributed by atoms with van der Waals surface area (Å²) in [5, 5.41) is 2.56. The molecule has 0 atom stereocenters. The van der Waals surface area contributed by atoms with Crippen LogP contribution < -0.4 is 5.32 Å². The number of benzene rings is 1. The number of rotatable bonds is 4. The Morgan fingerprint density at radius 3 is 2.33 bits per heavy atom. The zero-order valence-corrected chi connectivity index (χ0v) is 13.6. The monoisotopic (exact) mass is 331 g/mol. The molecule has 0 radical (unpaired) electrons. The second kappa shape index (κ2) is 5.87. The van der Waals surface area contributed by atoms with Gasteiger partial charge < -0.3 is 10.1 Å². The Hall–Kier alpha value is -1.91. The summed E-state index contributed by atoms with van der Waals surface area (Å²) in [6, 6.07) is 5.66. The molecule has 0 heterocycles. The molecule has 0 spiro atoms. The molecule has 1 aromatic rings. The van der Waals surface area contributed by atoms with E-state index in [1.54, 1.807) is 6.07 Å². The third-order valence-electron chi connectivity index (χ3n) is 5.91. The van der Waals surface area contributed by atoms with Crippen LogP contribution in [-0.4, -0.2) is 18.5 Å². The van der Waals surface area contributed by atoms with Gasteiger partial charge in [-0.05, 0) is 74.5 Å². The van der Waals surface area contributed by atoms with Crippen molar-refractivity contribution in [2.45, 2.75) is 38.5 Å². The molecule has 0 aliphatic heterocycles. The Morgan fingerprint density at radius 1 is 1.12 bits per heavy atom. The molecule has 0 unspecified atom stereocenters. The van der Waals surface area contributed by atoms with Gasteiger partial charge in [0.2, 0.25) is 0 Å². The molecule has 0 saturated heterocycles. The van der Waals surface area contributed by atoms with E-state index in [0.29, 0.717) is 23.4 Å². The zero-order valence-electron chi connectivity index (χ0n) is 13.6. The number of halogens is 1. The maximum absolute atomic E-state index is 13.1. The minimum absolute atomic E-state index is 0.212. The van der Waals surface area contributed by atoms with Crippen molar-refractivity contribution in [3.63, 3.8) is 0 Å². The van der Waals surface area contributed by atoms with Crippen LogP contribution in [-0.2, 0) is 14.3 Å². The Morgan fingerprint density at radius 2 is 1.75 bits per heavy atom. The van der Waals surface area contributed by atoms with E-state index < -0.39 is 11.7 Å². The number of hydrogen-bond acceptors (Lipinski definition) is 3. The summed E-state index contributed by atoms with van der Waals surface area (Å²) in [6.07, 6.45) is 6.53. The van der Waals surface area contributed by atoms with E-state index in [1.807, 2.05) is 0 Å². The van der Waals surface area contributed by atoms with Crippen LogP contribution in [0.4, 0.5) is 10.1 Å². The van der Waals surface area contributed by atoms with Gasteiger partial charge in [0.15, 0.2) is 6.61 Å². The van der Waals surface area contributed by atoms with E-state index in [2.05, 4.69) is 5.32 Å². The van der Waals surface area contributed by atoms with E-state index in [-0.39, 0.29) is 18.0 Å². The minimum Gasteiger partial charge on any atom is -0.455 e.